The first-order valence-electron chi connectivity index (χ1n) is 3.39. The second-order valence-electron chi connectivity index (χ2n) is 2.36. The molecule has 2 N–H and O–H groups in total. The fourth-order valence-corrected chi connectivity index (χ4v) is 1.20. The molecule has 0 aliphatic heterocycles. The molecule has 2 nitrogen and oxygen atoms in total. The fourth-order valence-electron chi connectivity index (χ4n) is 0.870. The Balaban J connectivity index is 3.01. The van der Waals surface area contributed by atoms with Gasteiger partial charge in [-0.25, -0.2) is 4.39 Å². The van der Waals surface area contributed by atoms with Crippen molar-refractivity contribution < 1.29 is 14.6 Å². The van der Waals surface area contributed by atoms with Gasteiger partial charge in [0.05, 0.1) is 6.61 Å². The van der Waals surface area contributed by atoms with Crippen LogP contribution in [0.4, 0.5) is 4.39 Å². The van der Waals surface area contributed by atoms with Crippen LogP contribution in [0.2, 0.25) is 0 Å². The number of halogens is 2. The van der Waals surface area contributed by atoms with Crippen LogP contribution in [0.15, 0.2) is 22.7 Å². The molecule has 0 aliphatic carbocycles. The van der Waals surface area contributed by atoms with Gasteiger partial charge in [-0.2, -0.15) is 0 Å². The Morgan fingerprint density at radius 2 is 2.17 bits per heavy atom. The maximum absolute atomic E-state index is 13.0. The summed E-state index contributed by atoms with van der Waals surface area (Å²) in [4.78, 5) is 0. The highest BCUT2D eigenvalue weighted by Crippen LogP contribution is 2.20. The number of aliphatic hydroxyl groups is 2. The second-order valence-corrected chi connectivity index (χ2v) is 3.28. The monoisotopic (exact) mass is 234 g/mol. The maximum atomic E-state index is 13.0. The van der Waals surface area contributed by atoms with Gasteiger partial charge in [-0.3, -0.25) is 0 Å². The van der Waals surface area contributed by atoms with Gasteiger partial charge in [0, 0.05) is 10.0 Å². The zero-order valence-corrected chi connectivity index (χ0v) is 7.75. The summed E-state index contributed by atoms with van der Waals surface area (Å²) in [5.74, 6) is -0.522. The van der Waals surface area contributed by atoms with Gasteiger partial charge in [-0.1, -0.05) is 22.0 Å². The molecular formula is C8H8BrFO2. The van der Waals surface area contributed by atoms with E-state index in [1.807, 2.05) is 0 Å². The molecule has 4 heteroatoms. The number of aliphatic hydroxyl groups excluding tert-OH is 2. The molecule has 12 heavy (non-hydrogen) atoms. The topological polar surface area (TPSA) is 40.5 Å². The standard InChI is InChI=1S/C8H8BrFO2/c9-5-1-2-6(7(10)3-5)8(12)4-11/h1-3,8,11-12H,4H2. The molecule has 0 amide bonds. The first kappa shape index (κ1) is 9.64. The van der Waals surface area contributed by atoms with E-state index in [-0.39, 0.29) is 5.56 Å². The quantitative estimate of drug-likeness (QED) is 0.817. The van der Waals surface area contributed by atoms with Crippen molar-refractivity contribution >= 4 is 15.9 Å². The van der Waals surface area contributed by atoms with Crippen molar-refractivity contribution in [2.24, 2.45) is 0 Å². The van der Waals surface area contributed by atoms with Crippen LogP contribution in [-0.2, 0) is 0 Å². The third-order valence-electron chi connectivity index (χ3n) is 1.49. The molecule has 0 spiro atoms. The van der Waals surface area contributed by atoms with E-state index in [4.69, 9.17) is 10.2 Å². The van der Waals surface area contributed by atoms with Gasteiger partial charge in [0.25, 0.3) is 0 Å². The Hall–Kier alpha value is -0.450. The largest absolute Gasteiger partial charge is 0.393 e. The molecule has 1 unspecified atom stereocenters. The van der Waals surface area contributed by atoms with Crippen LogP contribution in [-0.4, -0.2) is 16.8 Å². The lowest BCUT2D eigenvalue weighted by molar-refractivity contribution is 0.0926. The zero-order valence-electron chi connectivity index (χ0n) is 6.17. The van der Waals surface area contributed by atoms with E-state index in [1.165, 1.54) is 12.1 Å². The third-order valence-corrected chi connectivity index (χ3v) is 1.99. The van der Waals surface area contributed by atoms with Gasteiger partial charge in [-0.05, 0) is 12.1 Å². The summed E-state index contributed by atoms with van der Waals surface area (Å²) in [5.41, 5.74) is 0.112. The van der Waals surface area contributed by atoms with Crippen molar-refractivity contribution in [2.45, 2.75) is 6.10 Å². The lowest BCUT2D eigenvalue weighted by Gasteiger charge is -2.08. The number of hydrogen-bond acceptors (Lipinski definition) is 2. The molecule has 0 aliphatic rings. The smallest absolute Gasteiger partial charge is 0.130 e. The summed E-state index contributed by atoms with van der Waals surface area (Å²) >= 11 is 3.08. The van der Waals surface area contributed by atoms with Crippen LogP contribution in [0.25, 0.3) is 0 Å². The lowest BCUT2D eigenvalue weighted by atomic mass is 10.1. The Kier molecular flexibility index (Phi) is 3.20. The van der Waals surface area contributed by atoms with Crippen molar-refractivity contribution in [3.8, 4) is 0 Å². The molecule has 1 atom stereocenters. The molecule has 1 rings (SSSR count). The number of rotatable bonds is 2. The maximum Gasteiger partial charge on any atom is 0.130 e. The molecule has 0 bridgehead atoms. The SMILES string of the molecule is OCC(O)c1ccc(Br)cc1F. The van der Waals surface area contributed by atoms with E-state index in [0.717, 1.165) is 0 Å². The summed E-state index contributed by atoms with van der Waals surface area (Å²) in [6, 6.07) is 4.28. The number of benzene rings is 1. The van der Waals surface area contributed by atoms with Gasteiger partial charge in [0.2, 0.25) is 0 Å². The molecule has 0 fully saturated rings. The van der Waals surface area contributed by atoms with E-state index in [0.29, 0.717) is 4.47 Å². The summed E-state index contributed by atoms with van der Waals surface area (Å²) < 4.78 is 13.6. The summed E-state index contributed by atoms with van der Waals surface area (Å²) in [5, 5.41) is 17.6. The average Bonchev–Trinajstić information content (AvgIpc) is 2.03. The summed E-state index contributed by atoms with van der Waals surface area (Å²) in [6.45, 7) is -0.474. The van der Waals surface area contributed by atoms with E-state index in [1.54, 1.807) is 6.07 Å². The van der Waals surface area contributed by atoms with Crippen LogP contribution in [0.3, 0.4) is 0 Å². The van der Waals surface area contributed by atoms with Crippen molar-refractivity contribution in [3.05, 3.63) is 34.1 Å². The first-order chi connectivity index (χ1) is 5.65. The van der Waals surface area contributed by atoms with E-state index in [9.17, 15) is 4.39 Å². The van der Waals surface area contributed by atoms with E-state index in [2.05, 4.69) is 15.9 Å². The highest BCUT2D eigenvalue weighted by atomic mass is 79.9. The normalized spacial score (nSPS) is 13.0. The minimum absolute atomic E-state index is 0.112. The molecule has 1 aromatic rings. The molecule has 66 valence electrons. The Labute approximate surface area is 77.8 Å². The zero-order chi connectivity index (χ0) is 9.14. The Morgan fingerprint density at radius 1 is 1.50 bits per heavy atom. The van der Waals surface area contributed by atoms with Crippen molar-refractivity contribution in [3.63, 3.8) is 0 Å². The molecule has 1 aromatic carbocycles. The second kappa shape index (κ2) is 3.98. The van der Waals surface area contributed by atoms with Gasteiger partial charge in [0.1, 0.15) is 11.9 Å². The van der Waals surface area contributed by atoms with Crippen LogP contribution in [0.1, 0.15) is 11.7 Å². The lowest BCUT2D eigenvalue weighted by Crippen LogP contribution is -2.04. The van der Waals surface area contributed by atoms with Gasteiger partial charge in [0.15, 0.2) is 0 Å². The summed E-state index contributed by atoms with van der Waals surface area (Å²) in [7, 11) is 0. The Morgan fingerprint density at radius 3 is 2.67 bits per heavy atom. The molecule has 0 aromatic heterocycles. The van der Waals surface area contributed by atoms with Crippen molar-refractivity contribution in [1.82, 2.24) is 0 Å². The molecule has 0 radical (unpaired) electrons. The average molecular weight is 235 g/mol. The van der Waals surface area contributed by atoms with E-state index >= 15 is 0 Å². The van der Waals surface area contributed by atoms with Crippen LogP contribution in [0, 0.1) is 5.82 Å². The van der Waals surface area contributed by atoms with E-state index < -0.39 is 18.5 Å². The highest BCUT2D eigenvalue weighted by Gasteiger charge is 2.10. The van der Waals surface area contributed by atoms with Crippen LogP contribution < -0.4 is 0 Å². The molecule has 0 saturated carbocycles. The molecular weight excluding hydrogens is 227 g/mol. The van der Waals surface area contributed by atoms with Gasteiger partial charge < -0.3 is 10.2 Å². The fraction of sp³-hybridized carbons (Fsp3) is 0.250. The predicted octanol–water partition coefficient (Wildman–Crippen LogP) is 1.61. The Bertz CT molecular complexity index is 278. The van der Waals surface area contributed by atoms with Crippen molar-refractivity contribution in [2.75, 3.05) is 6.61 Å². The minimum Gasteiger partial charge on any atom is -0.393 e. The first-order valence-corrected chi connectivity index (χ1v) is 4.18. The van der Waals surface area contributed by atoms with Gasteiger partial charge in [-0.15, -0.1) is 0 Å². The van der Waals surface area contributed by atoms with Crippen LogP contribution >= 0.6 is 15.9 Å². The van der Waals surface area contributed by atoms with Gasteiger partial charge >= 0.3 is 0 Å². The highest BCUT2D eigenvalue weighted by molar-refractivity contribution is 9.10. The minimum atomic E-state index is -1.14. The van der Waals surface area contributed by atoms with Crippen molar-refractivity contribution in [1.29, 1.82) is 0 Å². The predicted molar refractivity (Wildman–Crippen MR) is 46.1 cm³/mol. The van der Waals surface area contributed by atoms with Crippen LogP contribution in [0.5, 0.6) is 0 Å². The third kappa shape index (κ3) is 2.03. The molecule has 0 heterocycles. The number of hydrogen-bond donors (Lipinski definition) is 2. The summed E-state index contributed by atoms with van der Waals surface area (Å²) in [6.07, 6.45) is -1.14. The molecule has 0 saturated heterocycles.